The summed E-state index contributed by atoms with van der Waals surface area (Å²) in [5.41, 5.74) is 0. The van der Waals surface area contributed by atoms with Gasteiger partial charge in [0.05, 0.1) is 12.7 Å². The Labute approximate surface area is 92.5 Å². The van der Waals surface area contributed by atoms with E-state index in [1.807, 2.05) is 0 Å². The van der Waals surface area contributed by atoms with Gasteiger partial charge in [0.25, 0.3) is 0 Å². The lowest BCUT2D eigenvalue weighted by molar-refractivity contribution is 0.0378. The van der Waals surface area contributed by atoms with E-state index in [9.17, 15) is 0 Å². The standard InChI is InChI=1S/C10H21O2PS/c1-4-7-10-9(5-2)8-11-13(14,6-3)12-10/h9-10H,4-8H2,1-3H3. The molecule has 3 unspecified atom stereocenters. The maximum absolute atomic E-state index is 5.97. The first-order valence-electron chi connectivity index (χ1n) is 5.57. The maximum Gasteiger partial charge on any atom is 0.188 e. The topological polar surface area (TPSA) is 18.5 Å². The van der Waals surface area contributed by atoms with Gasteiger partial charge in [-0.3, -0.25) is 0 Å². The second kappa shape index (κ2) is 5.60. The van der Waals surface area contributed by atoms with E-state index in [0.29, 0.717) is 12.0 Å². The fraction of sp³-hybridized carbons (Fsp3) is 1.00. The molecule has 0 amide bonds. The Balaban J connectivity index is 2.61. The summed E-state index contributed by atoms with van der Waals surface area (Å²) in [5, 5.41) is 0. The smallest absolute Gasteiger partial charge is 0.188 e. The molecule has 84 valence electrons. The Morgan fingerprint density at radius 3 is 2.57 bits per heavy atom. The number of rotatable bonds is 4. The van der Waals surface area contributed by atoms with E-state index in [2.05, 4.69) is 20.8 Å². The molecule has 1 rings (SSSR count). The molecule has 1 heterocycles. The van der Waals surface area contributed by atoms with Crippen LogP contribution in [0, 0.1) is 5.92 Å². The molecule has 1 aliphatic heterocycles. The van der Waals surface area contributed by atoms with E-state index >= 15 is 0 Å². The molecule has 3 atom stereocenters. The van der Waals surface area contributed by atoms with Gasteiger partial charge in [-0.05, 0) is 24.6 Å². The molecule has 1 saturated heterocycles. The first-order valence-corrected chi connectivity index (χ1v) is 8.39. The van der Waals surface area contributed by atoms with Gasteiger partial charge in [0, 0.05) is 12.1 Å². The minimum atomic E-state index is -1.90. The first-order chi connectivity index (χ1) is 6.65. The molecule has 2 nitrogen and oxygen atoms in total. The van der Waals surface area contributed by atoms with Crippen LogP contribution in [0.15, 0.2) is 0 Å². The average Bonchev–Trinajstić information content (AvgIpc) is 2.19. The molecule has 0 radical (unpaired) electrons. The highest BCUT2D eigenvalue weighted by Crippen LogP contribution is 2.54. The van der Waals surface area contributed by atoms with E-state index < -0.39 is 6.49 Å². The van der Waals surface area contributed by atoms with Crippen molar-refractivity contribution in [2.24, 2.45) is 5.92 Å². The molecule has 0 saturated carbocycles. The zero-order valence-corrected chi connectivity index (χ0v) is 11.1. The summed E-state index contributed by atoms with van der Waals surface area (Å²) >= 11 is 5.41. The quantitative estimate of drug-likeness (QED) is 0.695. The van der Waals surface area contributed by atoms with E-state index in [1.54, 1.807) is 0 Å². The lowest BCUT2D eigenvalue weighted by Gasteiger charge is -2.37. The average molecular weight is 236 g/mol. The van der Waals surface area contributed by atoms with Crippen LogP contribution < -0.4 is 0 Å². The zero-order chi connectivity index (χ0) is 10.6. The second-order valence-electron chi connectivity index (χ2n) is 3.82. The summed E-state index contributed by atoms with van der Waals surface area (Å²) in [7, 11) is 0. The Bertz CT molecular complexity index is 220. The Kier molecular flexibility index (Phi) is 5.05. The Morgan fingerprint density at radius 2 is 2.07 bits per heavy atom. The van der Waals surface area contributed by atoms with Crippen molar-refractivity contribution in [2.75, 3.05) is 12.8 Å². The fourth-order valence-corrected chi connectivity index (χ4v) is 3.77. The van der Waals surface area contributed by atoms with Crippen LogP contribution in [-0.4, -0.2) is 18.9 Å². The van der Waals surface area contributed by atoms with Crippen LogP contribution in [0.25, 0.3) is 0 Å². The predicted octanol–water partition coefficient (Wildman–Crippen LogP) is 3.56. The summed E-state index contributed by atoms with van der Waals surface area (Å²) in [6, 6.07) is 0. The molecular weight excluding hydrogens is 215 g/mol. The molecule has 0 aliphatic carbocycles. The molecule has 0 N–H and O–H groups in total. The third-order valence-corrected chi connectivity index (χ3v) is 6.05. The highest BCUT2D eigenvalue weighted by Gasteiger charge is 2.33. The van der Waals surface area contributed by atoms with Crippen LogP contribution in [0.4, 0.5) is 0 Å². The molecule has 0 spiro atoms. The third-order valence-electron chi connectivity index (χ3n) is 2.79. The molecule has 1 aliphatic rings. The first kappa shape index (κ1) is 12.6. The van der Waals surface area contributed by atoms with Gasteiger partial charge in [-0.2, -0.15) is 0 Å². The lowest BCUT2D eigenvalue weighted by Crippen LogP contribution is -2.31. The minimum Gasteiger partial charge on any atom is -0.329 e. The molecule has 0 aromatic carbocycles. The predicted molar refractivity (Wildman–Crippen MR) is 64.3 cm³/mol. The van der Waals surface area contributed by atoms with Gasteiger partial charge >= 0.3 is 0 Å². The van der Waals surface area contributed by atoms with Gasteiger partial charge in [0.2, 0.25) is 0 Å². The normalized spacial score (nSPS) is 38.5. The summed E-state index contributed by atoms with van der Waals surface area (Å²) in [5.74, 6) is 0.553. The second-order valence-corrected chi connectivity index (χ2v) is 7.82. The van der Waals surface area contributed by atoms with Gasteiger partial charge in [-0.25, -0.2) is 0 Å². The summed E-state index contributed by atoms with van der Waals surface area (Å²) in [6.45, 7) is 5.37. The monoisotopic (exact) mass is 236 g/mol. The highest BCUT2D eigenvalue weighted by atomic mass is 32.5. The molecule has 14 heavy (non-hydrogen) atoms. The van der Waals surface area contributed by atoms with Gasteiger partial charge in [0.15, 0.2) is 6.49 Å². The largest absolute Gasteiger partial charge is 0.329 e. The molecule has 1 fully saturated rings. The molecule has 4 heteroatoms. The van der Waals surface area contributed by atoms with Crippen LogP contribution >= 0.6 is 6.49 Å². The zero-order valence-electron chi connectivity index (χ0n) is 9.36. The van der Waals surface area contributed by atoms with Crippen molar-refractivity contribution in [1.82, 2.24) is 0 Å². The summed E-state index contributed by atoms with van der Waals surface area (Å²) in [6.07, 6.45) is 4.63. The van der Waals surface area contributed by atoms with Crippen molar-refractivity contribution < 1.29 is 9.05 Å². The van der Waals surface area contributed by atoms with Crippen molar-refractivity contribution in [3.8, 4) is 0 Å². The number of hydrogen-bond donors (Lipinski definition) is 0. The van der Waals surface area contributed by atoms with Crippen LogP contribution in [-0.2, 0) is 20.9 Å². The third kappa shape index (κ3) is 3.03. The number of hydrogen-bond acceptors (Lipinski definition) is 3. The van der Waals surface area contributed by atoms with Crippen molar-refractivity contribution in [3.05, 3.63) is 0 Å². The molecule has 0 bridgehead atoms. The van der Waals surface area contributed by atoms with Crippen LogP contribution in [0.2, 0.25) is 0 Å². The van der Waals surface area contributed by atoms with Crippen molar-refractivity contribution in [1.29, 1.82) is 0 Å². The van der Waals surface area contributed by atoms with Crippen LogP contribution in [0.3, 0.4) is 0 Å². The fourth-order valence-electron chi connectivity index (χ4n) is 1.76. The van der Waals surface area contributed by atoms with Gasteiger partial charge in [-0.1, -0.05) is 27.2 Å². The van der Waals surface area contributed by atoms with Gasteiger partial charge < -0.3 is 9.05 Å². The highest BCUT2D eigenvalue weighted by molar-refractivity contribution is 8.09. The lowest BCUT2D eigenvalue weighted by atomic mass is 9.97. The van der Waals surface area contributed by atoms with Crippen molar-refractivity contribution in [3.63, 3.8) is 0 Å². The van der Waals surface area contributed by atoms with Crippen LogP contribution in [0.1, 0.15) is 40.0 Å². The Hall–Kier alpha value is 0.570. The Morgan fingerprint density at radius 1 is 1.36 bits per heavy atom. The maximum atomic E-state index is 5.97. The van der Waals surface area contributed by atoms with Gasteiger partial charge in [0.1, 0.15) is 0 Å². The van der Waals surface area contributed by atoms with E-state index in [0.717, 1.165) is 25.6 Å². The minimum absolute atomic E-state index is 0.351. The van der Waals surface area contributed by atoms with Crippen molar-refractivity contribution >= 4 is 18.3 Å². The van der Waals surface area contributed by atoms with Crippen LogP contribution in [0.5, 0.6) is 0 Å². The van der Waals surface area contributed by atoms with Crippen molar-refractivity contribution in [2.45, 2.75) is 46.1 Å². The summed E-state index contributed by atoms with van der Waals surface area (Å²) in [4.78, 5) is 0. The van der Waals surface area contributed by atoms with E-state index in [4.69, 9.17) is 20.9 Å². The molecule has 0 aromatic heterocycles. The molecule has 0 aromatic rings. The van der Waals surface area contributed by atoms with E-state index in [1.165, 1.54) is 6.42 Å². The van der Waals surface area contributed by atoms with E-state index in [-0.39, 0.29) is 0 Å². The SMILES string of the molecule is CCCC1OP(=S)(CC)OCC1CC. The van der Waals surface area contributed by atoms with Gasteiger partial charge in [-0.15, -0.1) is 0 Å². The molecular formula is C10H21O2PS. The summed E-state index contributed by atoms with van der Waals surface area (Å²) < 4.78 is 11.7.